The molecule has 2 atom stereocenters. The minimum Gasteiger partial charge on any atom is -0.497 e. The van der Waals surface area contributed by atoms with Crippen LogP contribution in [0.25, 0.3) is 0 Å². The normalized spacial score (nSPS) is 26.6. The molecule has 0 amide bonds. The molecular weight excluding hydrogens is 264 g/mol. The van der Waals surface area contributed by atoms with Gasteiger partial charge in [0, 0.05) is 31.2 Å². The fraction of sp³-hybridized carbons (Fsp3) is 0.647. The van der Waals surface area contributed by atoms with Gasteiger partial charge in [-0.15, -0.1) is 0 Å². The van der Waals surface area contributed by atoms with Crippen molar-refractivity contribution in [1.29, 1.82) is 0 Å². The van der Waals surface area contributed by atoms with Gasteiger partial charge in [0.1, 0.15) is 18.1 Å². The van der Waals surface area contributed by atoms with Crippen molar-refractivity contribution in [2.45, 2.75) is 38.8 Å². The van der Waals surface area contributed by atoms with Crippen LogP contribution >= 0.6 is 0 Å². The molecule has 0 spiro atoms. The largest absolute Gasteiger partial charge is 0.497 e. The molecule has 4 heteroatoms. The predicted molar refractivity (Wildman–Crippen MR) is 86.2 cm³/mol. The number of hydrogen-bond acceptors (Lipinski definition) is 4. The Labute approximate surface area is 128 Å². The summed E-state index contributed by atoms with van der Waals surface area (Å²) in [4.78, 5) is 2.55. The van der Waals surface area contributed by atoms with E-state index in [1.165, 1.54) is 0 Å². The first kappa shape index (κ1) is 16.1. The fourth-order valence-electron chi connectivity index (χ4n) is 2.78. The lowest BCUT2D eigenvalue weighted by molar-refractivity contribution is 0.0408. The maximum atomic E-state index is 5.86. The minimum absolute atomic E-state index is 0.232. The van der Waals surface area contributed by atoms with Crippen LogP contribution in [0.15, 0.2) is 24.3 Å². The maximum absolute atomic E-state index is 5.86. The van der Waals surface area contributed by atoms with E-state index >= 15 is 0 Å². The van der Waals surface area contributed by atoms with Crippen LogP contribution in [0.3, 0.4) is 0 Å². The summed E-state index contributed by atoms with van der Waals surface area (Å²) in [7, 11) is 1.67. The van der Waals surface area contributed by atoms with Gasteiger partial charge in [-0.3, -0.25) is 4.90 Å². The van der Waals surface area contributed by atoms with E-state index in [1.54, 1.807) is 7.11 Å². The van der Waals surface area contributed by atoms with Gasteiger partial charge in [-0.1, -0.05) is 6.92 Å². The molecule has 2 rings (SSSR count). The van der Waals surface area contributed by atoms with Crippen LogP contribution in [0.4, 0.5) is 0 Å². The van der Waals surface area contributed by atoms with Crippen molar-refractivity contribution in [3.63, 3.8) is 0 Å². The summed E-state index contributed by atoms with van der Waals surface area (Å²) in [5.41, 5.74) is 0.232. The van der Waals surface area contributed by atoms with Crippen LogP contribution in [0.5, 0.6) is 11.5 Å². The van der Waals surface area contributed by atoms with E-state index in [9.17, 15) is 0 Å². The number of nitrogens with zero attached hydrogens (tertiary/aromatic N) is 1. The highest BCUT2D eigenvalue weighted by Crippen LogP contribution is 2.23. The molecule has 1 fully saturated rings. The lowest BCUT2D eigenvalue weighted by Gasteiger charge is -2.47. The van der Waals surface area contributed by atoms with Gasteiger partial charge in [0.15, 0.2) is 0 Å². The van der Waals surface area contributed by atoms with E-state index < -0.39 is 0 Å². The Hall–Kier alpha value is -1.26. The van der Waals surface area contributed by atoms with E-state index in [0.717, 1.165) is 37.6 Å². The lowest BCUT2D eigenvalue weighted by Crippen LogP contribution is -2.63. The van der Waals surface area contributed by atoms with Gasteiger partial charge in [-0.25, -0.2) is 0 Å². The van der Waals surface area contributed by atoms with Crippen LogP contribution in [0.1, 0.15) is 27.2 Å². The minimum atomic E-state index is 0.232. The van der Waals surface area contributed by atoms with Gasteiger partial charge in [0.2, 0.25) is 0 Å². The van der Waals surface area contributed by atoms with Crippen LogP contribution in [-0.4, -0.2) is 49.8 Å². The quantitative estimate of drug-likeness (QED) is 0.873. The summed E-state index contributed by atoms with van der Waals surface area (Å²) in [6.45, 7) is 10.6. The average Bonchev–Trinajstić information content (AvgIpc) is 2.51. The summed E-state index contributed by atoms with van der Waals surface area (Å²) in [5.74, 6) is 1.76. The van der Waals surface area contributed by atoms with E-state index in [0.29, 0.717) is 12.6 Å². The van der Waals surface area contributed by atoms with Gasteiger partial charge in [0.05, 0.1) is 7.11 Å². The molecule has 1 aromatic rings. The molecule has 1 aromatic carbocycles. The summed E-state index contributed by atoms with van der Waals surface area (Å²) >= 11 is 0. The number of hydrogen-bond donors (Lipinski definition) is 1. The molecule has 1 aliphatic heterocycles. The fourth-order valence-corrected chi connectivity index (χ4v) is 2.78. The molecule has 0 bridgehead atoms. The maximum Gasteiger partial charge on any atom is 0.119 e. The van der Waals surface area contributed by atoms with Crippen molar-refractivity contribution in [3.05, 3.63) is 24.3 Å². The van der Waals surface area contributed by atoms with Gasteiger partial charge in [-0.05, 0) is 44.5 Å². The highest BCUT2D eigenvalue weighted by atomic mass is 16.5. The summed E-state index contributed by atoms with van der Waals surface area (Å²) in [6, 6.07) is 8.32. The third-order valence-electron chi connectivity index (χ3n) is 4.54. The zero-order chi connectivity index (χ0) is 15.3. The smallest absolute Gasteiger partial charge is 0.119 e. The van der Waals surface area contributed by atoms with E-state index in [-0.39, 0.29) is 5.54 Å². The van der Waals surface area contributed by atoms with Crippen LogP contribution < -0.4 is 14.8 Å². The number of methoxy groups -OCH3 is 1. The second-order valence-electron chi connectivity index (χ2n) is 6.10. The number of nitrogens with one attached hydrogen (secondary N) is 1. The van der Waals surface area contributed by atoms with Crippen molar-refractivity contribution < 1.29 is 9.47 Å². The monoisotopic (exact) mass is 292 g/mol. The topological polar surface area (TPSA) is 33.7 Å². The van der Waals surface area contributed by atoms with Crippen LogP contribution in [-0.2, 0) is 0 Å². The Morgan fingerprint density at radius 2 is 1.95 bits per heavy atom. The Balaban J connectivity index is 1.85. The van der Waals surface area contributed by atoms with E-state index in [2.05, 4.69) is 31.0 Å². The van der Waals surface area contributed by atoms with Crippen LogP contribution in [0.2, 0.25) is 0 Å². The standard InChI is InChI=1S/C17H28N2O2/c1-5-17(3)13-18-14(2)12-19(17)10-11-21-16-8-6-15(20-4)7-9-16/h6-9,14,18H,5,10-13H2,1-4H3. The molecule has 0 radical (unpaired) electrons. The third kappa shape index (κ3) is 4.11. The number of piperazine rings is 1. The number of rotatable bonds is 6. The van der Waals surface area contributed by atoms with Crippen molar-refractivity contribution >= 4 is 0 Å². The molecule has 1 saturated heterocycles. The molecule has 118 valence electrons. The number of benzene rings is 1. The number of ether oxygens (including phenoxy) is 2. The molecule has 4 nitrogen and oxygen atoms in total. The highest BCUT2D eigenvalue weighted by Gasteiger charge is 2.34. The zero-order valence-electron chi connectivity index (χ0n) is 13.7. The zero-order valence-corrected chi connectivity index (χ0v) is 13.7. The molecule has 0 aliphatic carbocycles. The second kappa shape index (κ2) is 7.14. The Morgan fingerprint density at radius 1 is 1.29 bits per heavy atom. The first-order chi connectivity index (χ1) is 10.1. The lowest BCUT2D eigenvalue weighted by atomic mass is 9.92. The molecular formula is C17H28N2O2. The van der Waals surface area contributed by atoms with Crippen LogP contribution in [0, 0.1) is 0 Å². The first-order valence-electron chi connectivity index (χ1n) is 7.82. The summed E-state index contributed by atoms with van der Waals surface area (Å²) in [5, 5.41) is 3.58. The van der Waals surface area contributed by atoms with E-state index in [1.807, 2.05) is 24.3 Å². The van der Waals surface area contributed by atoms with Crippen molar-refractivity contribution in [3.8, 4) is 11.5 Å². The van der Waals surface area contributed by atoms with Gasteiger partial charge < -0.3 is 14.8 Å². The molecule has 0 saturated carbocycles. The van der Waals surface area contributed by atoms with Gasteiger partial charge >= 0.3 is 0 Å². The second-order valence-corrected chi connectivity index (χ2v) is 6.10. The highest BCUT2D eigenvalue weighted by molar-refractivity contribution is 5.31. The predicted octanol–water partition coefficient (Wildman–Crippen LogP) is 2.54. The Bertz CT molecular complexity index is 435. The molecule has 2 unspecified atom stereocenters. The molecule has 21 heavy (non-hydrogen) atoms. The van der Waals surface area contributed by atoms with E-state index in [4.69, 9.17) is 9.47 Å². The van der Waals surface area contributed by atoms with Gasteiger partial charge in [-0.2, -0.15) is 0 Å². The van der Waals surface area contributed by atoms with Crippen molar-refractivity contribution in [2.24, 2.45) is 0 Å². The summed E-state index contributed by atoms with van der Waals surface area (Å²) < 4.78 is 11.0. The SMILES string of the molecule is CCC1(C)CNC(C)CN1CCOc1ccc(OC)cc1. The van der Waals surface area contributed by atoms with Gasteiger partial charge in [0.25, 0.3) is 0 Å². The molecule has 0 aromatic heterocycles. The average molecular weight is 292 g/mol. The molecule has 1 heterocycles. The Morgan fingerprint density at radius 3 is 2.57 bits per heavy atom. The Kier molecular flexibility index (Phi) is 5.48. The molecule has 1 aliphatic rings. The summed E-state index contributed by atoms with van der Waals surface area (Å²) in [6.07, 6.45) is 1.15. The van der Waals surface area contributed by atoms with Crippen molar-refractivity contribution in [2.75, 3.05) is 33.4 Å². The molecule has 1 N–H and O–H groups in total. The first-order valence-corrected chi connectivity index (χ1v) is 7.82. The van der Waals surface area contributed by atoms with Crippen molar-refractivity contribution in [1.82, 2.24) is 10.2 Å². The third-order valence-corrected chi connectivity index (χ3v) is 4.54.